The van der Waals surface area contributed by atoms with Gasteiger partial charge in [0.1, 0.15) is 6.61 Å². The van der Waals surface area contributed by atoms with Crippen molar-refractivity contribution in [3.8, 4) is 0 Å². The Hall–Kier alpha value is -0.710. The highest BCUT2D eigenvalue weighted by molar-refractivity contribution is 5.77. The summed E-state index contributed by atoms with van der Waals surface area (Å²) in [6.07, 6.45) is -0.564. The molecule has 0 amide bonds. The van der Waals surface area contributed by atoms with Crippen molar-refractivity contribution in [2.75, 3.05) is 6.61 Å². The Kier molecular flexibility index (Phi) is 2.07. The number of aliphatic carboxylic acids is 1. The van der Waals surface area contributed by atoms with Crippen LogP contribution in [-0.4, -0.2) is 29.2 Å². The Morgan fingerprint density at radius 1 is 1.50 bits per heavy atom. The third-order valence-corrected chi connectivity index (χ3v) is 2.02. The molecule has 1 N–H and O–H groups in total. The third kappa shape index (κ3) is 1.72. The summed E-state index contributed by atoms with van der Waals surface area (Å²) >= 11 is 0. The first-order valence-electron chi connectivity index (χ1n) is 3.61. The molecule has 1 heterocycles. The molecular weight excluding hydrogens is 170 g/mol. The van der Waals surface area contributed by atoms with Crippen LogP contribution < -0.4 is 0 Å². The van der Waals surface area contributed by atoms with Gasteiger partial charge in [-0.15, -0.1) is 0 Å². The zero-order valence-corrected chi connectivity index (χ0v) is 6.64. The van der Waals surface area contributed by atoms with Crippen LogP contribution in [0.15, 0.2) is 0 Å². The Labute approximate surface area is 68.3 Å². The Balaban J connectivity index is 2.62. The van der Waals surface area contributed by atoms with Crippen LogP contribution in [-0.2, 0) is 9.53 Å². The maximum Gasteiger partial charge on any atom is 0.335 e. The van der Waals surface area contributed by atoms with Crippen LogP contribution in [0, 0.1) is 0 Å². The topological polar surface area (TPSA) is 46.5 Å². The number of hydrogen-bond acceptors (Lipinski definition) is 2. The van der Waals surface area contributed by atoms with Gasteiger partial charge in [-0.3, -0.25) is 0 Å². The molecule has 70 valence electrons. The lowest BCUT2D eigenvalue weighted by Gasteiger charge is -2.33. The summed E-state index contributed by atoms with van der Waals surface area (Å²) in [5.41, 5.74) is -1.43. The van der Waals surface area contributed by atoms with Gasteiger partial charge in [-0.25, -0.2) is 13.6 Å². The normalized spacial score (nSPS) is 34.6. The molecule has 0 unspecified atom stereocenters. The highest BCUT2D eigenvalue weighted by atomic mass is 19.3. The quantitative estimate of drug-likeness (QED) is 0.661. The molecule has 12 heavy (non-hydrogen) atoms. The summed E-state index contributed by atoms with van der Waals surface area (Å²) in [6.45, 7) is 0.514. The number of rotatable bonds is 1. The van der Waals surface area contributed by atoms with Crippen molar-refractivity contribution < 1.29 is 23.4 Å². The summed E-state index contributed by atoms with van der Waals surface area (Å²) in [7, 11) is 0. The first-order chi connectivity index (χ1) is 5.36. The van der Waals surface area contributed by atoms with E-state index in [9.17, 15) is 13.6 Å². The molecule has 1 atom stereocenters. The molecule has 1 aliphatic heterocycles. The fraction of sp³-hybridized carbons (Fsp3) is 0.857. The second kappa shape index (κ2) is 2.65. The van der Waals surface area contributed by atoms with Gasteiger partial charge in [0.05, 0.1) is 0 Å². The smallest absolute Gasteiger partial charge is 0.335 e. The number of ether oxygens (including phenoxy) is 1. The van der Waals surface area contributed by atoms with Gasteiger partial charge >= 0.3 is 5.97 Å². The summed E-state index contributed by atoms with van der Waals surface area (Å²) in [6, 6.07) is 0. The van der Waals surface area contributed by atoms with E-state index in [1.165, 1.54) is 6.92 Å². The van der Waals surface area contributed by atoms with Gasteiger partial charge in [0, 0.05) is 6.42 Å². The highest BCUT2D eigenvalue weighted by Crippen LogP contribution is 2.33. The maximum absolute atomic E-state index is 12.5. The second-order valence-electron chi connectivity index (χ2n) is 3.18. The molecule has 1 saturated heterocycles. The zero-order valence-electron chi connectivity index (χ0n) is 6.64. The van der Waals surface area contributed by atoms with Crippen molar-refractivity contribution >= 4 is 5.97 Å². The van der Waals surface area contributed by atoms with Crippen LogP contribution in [0.3, 0.4) is 0 Å². The van der Waals surface area contributed by atoms with E-state index in [1.54, 1.807) is 0 Å². The van der Waals surface area contributed by atoms with Crippen LogP contribution in [0.25, 0.3) is 0 Å². The van der Waals surface area contributed by atoms with E-state index >= 15 is 0 Å². The van der Waals surface area contributed by atoms with Gasteiger partial charge < -0.3 is 9.84 Å². The van der Waals surface area contributed by atoms with Gasteiger partial charge in [-0.1, -0.05) is 0 Å². The van der Waals surface area contributed by atoms with Gasteiger partial charge in [0.2, 0.25) is 0 Å². The van der Waals surface area contributed by atoms with Gasteiger partial charge in [-0.2, -0.15) is 0 Å². The van der Waals surface area contributed by atoms with Gasteiger partial charge in [-0.05, 0) is 13.3 Å². The molecule has 1 rings (SSSR count). The Bertz CT molecular complexity index is 193. The van der Waals surface area contributed by atoms with E-state index in [4.69, 9.17) is 5.11 Å². The molecule has 1 aliphatic rings. The van der Waals surface area contributed by atoms with Crippen LogP contribution >= 0.6 is 0 Å². The van der Waals surface area contributed by atoms with Crippen LogP contribution in [0.1, 0.15) is 19.8 Å². The number of hydrogen-bond donors (Lipinski definition) is 1. The van der Waals surface area contributed by atoms with E-state index in [0.29, 0.717) is 0 Å². The lowest BCUT2D eigenvalue weighted by molar-refractivity contribution is -0.201. The summed E-state index contributed by atoms with van der Waals surface area (Å²) in [4.78, 5) is 10.5. The predicted molar refractivity (Wildman–Crippen MR) is 36.2 cm³/mol. The van der Waals surface area contributed by atoms with Crippen molar-refractivity contribution in [3.05, 3.63) is 0 Å². The molecule has 0 spiro atoms. The monoisotopic (exact) mass is 180 g/mol. The van der Waals surface area contributed by atoms with Crippen LogP contribution in [0.2, 0.25) is 0 Å². The molecule has 0 aromatic heterocycles. The fourth-order valence-electron chi connectivity index (χ4n) is 0.999. The molecule has 0 bridgehead atoms. The second-order valence-corrected chi connectivity index (χ2v) is 3.18. The molecule has 5 heteroatoms. The molecule has 0 saturated carbocycles. The predicted octanol–water partition coefficient (Wildman–Crippen LogP) is 1.28. The third-order valence-electron chi connectivity index (χ3n) is 2.02. The molecule has 0 aromatic rings. The number of carboxylic acid groups (broad SMARTS) is 1. The summed E-state index contributed by atoms with van der Waals surface area (Å²) in [5, 5.41) is 8.60. The Morgan fingerprint density at radius 2 is 2.08 bits per heavy atom. The fourth-order valence-corrected chi connectivity index (χ4v) is 0.999. The molecular formula is C7H10F2O3. The summed E-state index contributed by atoms with van der Waals surface area (Å²) in [5.74, 6) is -4.05. The Morgan fingerprint density at radius 3 is 2.42 bits per heavy atom. The average Bonchev–Trinajstić information content (AvgIpc) is 1.96. The first-order valence-corrected chi connectivity index (χ1v) is 3.61. The number of carbonyl (C=O) groups is 1. The molecule has 0 radical (unpaired) electrons. The number of carboxylic acids is 1. The molecule has 3 nitrogen and oxygen atoms in total. The van der Waals surface area contributed by atoms with Crippen molar-refractivity contribution in [3.63, 3.8) is 0 Å². The van der Waals surface area contributed by atoms with Crippen LogP contribution in [0.5, 0.6) is 0 Å². The minimum Gasteiger partial charge on any atom is -0.479 e. The van der Waals surface area contributed by atoms with Crippen molar-refractivity contribution in [1.29, 1.82) is 0 Å². The van der Waals surface area contributed by atoms with Gasteiger partial charge in [0.15, 0.2) is 5.60 Å². The maximum atomic E-state index is 12.5. The van der Waals surface area contributed by atoms with E-state index in [-0.39, 0.29) is 6.42 Å². The standard InChI is InChI=1S/C7H10F2O3/c1-6(5(10)11)2-3-7(8,9)4-12-6/h2-4H2,1H3,(H,10,11)/t6-/m0/s1. The van der Waals surface area contributed by atoms with Crippen molar-refractivity contribution in [2.45, 2.75) is 31.3 Å². The minimum absolute atomic E-state index is 0.144. The van der Waals surface area contributed by atoms with E-state index in [0.717, 1.165) is 0 Å². The molecule has 1 fully saturated rings. The van der Waals surface area contributed by atoms with Crippen molar-refractivity contribution in [1.82, 2.24) is 0 Å². The van der Waals surface area contributed by atoms with Crippen molar-refractivity contribution in [2.24, 2.45) is 0 Å². The first kappa shape index (κ1) is 9.38. The summed E-state index contributed by atoms with van der Waals surface area (Å²) < 4.78 is 29.6. The van der Waals surface area contributed by atoms with Crippen LogP contribution in [0.4, 0.5) is 8.78 Å². The highest BCUT2D eigenvalue weighted by Gasteiger charge is 2.46. The molecule has 0 aliphatic carbocycles. The van der Waals surface area contributed by atoms with E-state index in [2.05, 4.69) is 4.74 Å². The SMILES string of the molecule is C[C@@]1(C(=O)O)CCC(F)(F)CO1. The average molecular weight is 180 g/mol. The number of alkyl halides is 2. The lowest BCUT2D eigenvalue weighted by Crippen LogP contribution is -2.47. The zero-order chi connectivity index (χ0) is 9.41. The van der Waals surface area contributed by atoms with E-state index in [1.807, 2.05) is 0 Å². The number of halogens is 2. The van der Waals surface area contributed by atoms with Gasteiger partial charge in [0.25, 0.3) is 5.92 Å². The minimum atomic E-state index is -2.87. The largest absolute Gasteiger partial charge is 0.479 e. The molecule has 0 aromatic carbocycles. The van der Waals surface area contributed by atoms with E-state index < -0.39 is 30.5 Å². The lowest BCUT2D eigenvalue weighted by atomic mass is 9.94.